The van der Waals surface area contributed by atoms with Gasteiger partial charge in [0.1, 0.15) is 11.6 Å². The molecule has 0 radical (unpaired) electrons. The van der Waals surface area contributed by atoms with E-state index >= 15 is 0 Å². The van der Waals surface area contributed by atoms with Gasteiger partial charge in [0.25, 0.3) is 5.69 Å². The molecular formula is C13H17FN2O3. The molecule has 0 bridgehead atoms. The molecule has 2 unspecified atom stereocenters. The Balaban J connectivity index is 2.01. The predicted octanol–water partition coefficient (Wildman–Crippen LogP) is 2.49. The first-order chi connectivity index (χ1) is 9.10. The molecule has 1 saturated carbocycles. The lowest BCUT2D eigenvalue weighted by molar-refractivity contribution is -0.385. The van der Waals surface area contributed by atoms with Crippen LogP contribution >= 0.6 is 0 Å². The lowest BCUT2D eigenvalue weighted by atomic mass is 9.97. The number of nitro groups is 1. The Kier molecular flexibility index (Phi) is 4.31. The number of nitrogens with two attached hydrogens (primary N) is 1. The number of halogens is 1. The van der Waals surface area contributed by atoms with Gasteiger partial charge in [0.05, 0.1) is 23.7 Å². The van der Waals surface area contributed by atoms with Crippen LogP contribution in [0.3, 0.4) is 0 Å². The molecule has 5 nitrogen and oxygen atoms in total. The topological polar surface area (TPSA) is 78.4 Å². The average molecular weight is 268 g/mol. The lowest BCUT2D eigenvalue weighted by Gasteiger charge is -2.18. The van der Waals surface area contributed by atoms with Gasteiger partial charge in [-0.25, -0.2) is 4.39 Å². The minimum Gasteiger partial charge on any atom is -0.493 e. The molecule has 104 valence electrons. The Bertz CT molecular complexity index is 467. The lowest BCUT2D eigenvalue weighted by Crippen LogP contribution is -2.23. The molecule has 0 aromatic heterocycles. The molecular weight excluding hydrogens is 251 g/mol. The van der Waals surface area contributed by atoms with Gasteiger partial charge in [0, 0.05) is 6.07 Å². The largest absolute Gasteiger partial charge is 0.493 e. The van der Waals surface area contributed by atoms with E-state index in [1.165, 1.54) is 12.1 Å². The third-order valence-electron chi connectivity index (χ3n) is 3.65. The summed E-state index contributed by atoms with van der Waals surface area (Å²) in [6.07, 6.45) is 3.26. The fourth-order valence-corrected chi connectivity index (χ4v) is 2.58. The quantitative estimate of drug-likeness (QED) is 0.657. The van der Waals surface area contributed by atoms with Crippen molar-refractivity contribution in [1.29, 1.82) is 0 Å². The molecule has 2 N–H and O–H groups in total. The summed E-state index contributed by atoms with van der Waals surface area (Å²) in [6.45, 7) is 1.06. The van der Waals surface area contributed by atoms with Gasteiger partial charge in [-0.05, 0) is 31.2 Å². The second kappa shape index (κ2) is 5.97. The highest BCUT2D eigenvalue weighted by molar-refractivity contribution is 5.38. The van der Waals surface area contributed by atoms with Crippen LogP contribution < -0.4 is 10.5 Å². The van der Waals surface area contributed by atoms with Gasteiger partial charge in [-0.2, -0.15) is 0 Å². The summed E-state index contributed by atoms with van der Waals surface area (Å²) in [5, 5.41) is 10.6. The third-order valence-corrected chi connectivity index (χ3v) is 3.65. The zero-order valence-corrected chi connectivity index (χ0v) is 10.5. The molecule has 0 saturated heterocycles. The Morgan fingerprint density at radius 2 is 2.11 bits per heavy atom. The van der Waals surface area contributed by atoms with Gasteiger partial charge in [0.2, 0.25) is 0 Å². The SMILES string of the molecule is NCC1CCCC1COc1cc(F)cc([N+](=O)[O-])c1. The van der Waals surface area contributed by atoms with Crippen LogP contribution in [0.25, 0.3) is 0 Å². The monoisotopic (exact) mass is 268 g/mol. The highest BCUT2D eigenvalue weighted by Crippen LogP contribution is 2.32. The molecule has 1 aromatic carbocycles. The van der Waals surface area contributed by atoms with Crippen molar-refractivity contribution in [2.24, 2.45) is 17.6 Å². The summed E-state index contributed by atoms with van der Waals surface area (Å²) < 4.78 is 18.7. The molecule has 0 heterocycles. The molecule has 0 aliphatic heterocycles. The van der Waals surface area contributed by atoms with Gasteiger partial charge < -0.3 is 10.5 Å². The first-order valence-corrected chi connectivity index (χ1v) is 6.38. The first kappa shape index (κ1) is 13.7. The van der Waals surface area contributed by atoms with E-state index in [1.807, 2.05) is 0 Å². The van der Waals surface area contributed by atoms with Crippen molar-refractivity contribution in [2.45, 2.75) is 19.3 Å². The summed E-state index contributed by atoms with van der Waals surface area (Å²) in [5.74, 6) is 0.330. The van der Waals surface area contributed by atoms with Crippen LogP contribution in [0.1, 0.15) is 19.3 Å². The fourth-order valence-electron chi connectivity index (χ4n) is 2.58. The maximum Gasteiger partial charge on any atom is 0.276 e. The molecule has 1 aliphatic carbocycles. The van der Waals surface area contributed by atoms with E-state index in [0.717, 1.165) is 25.3 Å². The number of rotatable bonds is 5. The summed E-state index contributed by atoms with van der Waals surface area (Å²) in [7, 11) is 0. The van der Waals surface area contributed by atoms with Crippen LogP contribution in [0.5, 0.6) is 5.75 Å². The van der Waals surface area contributed by atoms with Crippen LogP contribution in [0, 0.1) is 27.8 Å². The Hall–Kier alpha value is -1.69. The van der Waals surface area contributed by atoms with Gasteiger partial charge in [-0.15, -0.1) is 0 Å². The second-order valence-corrected chi connectivity index (χ2v) is 4.90. The summed E-state index contributed by atoms with van der Waals surface area (Å²) in [6, 6.07) is 3.29. The van der Waals surface area contributed by atoms with Crippen molar-refractivity contribution in [2.75, 3.05) is 13.2 Å². The first-order valence-electron chi connectivity index (χ1n) is 6.38. The number of non-ortho nitro benzene ring substituents is 1. The average Bonchev–Trinajstić information content (AvgIpc) is 2.83. The van der Waals surface area contributed by atoms with E-state index in [0.29, 0.717) is 25.0 Å². The van der Waals surface area contributed by atoms with E-state index < -0.39 is 10.7 Å². The fraction of sp³-hybridized carbons (Fsp3) is 0.538. The van der Waals surface area contributed by atoms with E-state index in [-0.39, 0.29) is 11.4 Å². The molecule has 1 aromatic rings. The number of nitrogens with zero attached hydrogens (tertiary/aromatic N) is 1. The van der Waals surface area contributed by atoms with Crippen molar-refractivity contribution < 1.29 is 14.1 Å². The minimum absolute atomic E-state index is 0.203. The Labute approximate surface area is 110 Å². The highest BCUT2D eigenvalue weighted by atomic mass is 19.1. The highest BCUT2D eigenvalue weighted by Gasteiger charge is 2.26. The third kappa shape index (κ3) is 3.41. The van der Waals surface area contributed by atoms with Crippen molar-refractivity contribution in [1.82, 2.24) is 0 Å². The molecule has 2 atom stereocenters. The van der Waals surface area contributed by atoms with Crippen molar-refractivity contribution in [3.05, 3.63) is 34.1 Å². The maximum absolute atomic E-state index is 13.2. The number of hydrogen-bond donors (Lipinski definition) is 1. The standard InChI is InChI=1S/C13H17FN2O3/c14-11-4-12(16(17)18)6-13(5-11)19-8-10-3-1-2-9(10)7-15/h4-6,9-10H,1-3,7-8,15H2. The summed E-state index contributed by atoms with van der Waals surface area (Å²) in [4.78, 5) is 10.0. The van der Waals surface area contributed by atoms with Crippen molar-refractivity contribution >= 4 is 5.69 Å². The van der Waals surface area contributed by atoms with Crippen LogP contribution in [0.2, 0.25) is 0 Å². The van der Waals surface area contributed by atoms with Gasteiger partial charge in [-0.1, -0.05) is 6.42 Å². The molecule has 0 spiro atoms. The van der Waals surface area contributed by atoms with Crippen LogP contribution in [0.4, 0.5) is 10.1 Å². The molecule has 1 aliphatic rings. The van der Waals surface area contributed by atoms with Gasteiger partial charge in [0.15, 0.2) is 0 Å². The molecule has 19 heavy (non-hydrogen) atoms. The molecule has 6 heteroatoms. The predicted molar refractivity (Wildman–Crippen MR) is 68.4 cm³/mol. The van der Waals surface area contributed by atoms with Crippen LogP contribution in [0.15, 0.2) is 18.2 Å². The van der Waals surface area contributed by atoms with Crippen LogP contribution in [-0.2, 0) is 0 Å². The summed E-state index contributed by atoms with van der Waals surface area (Å²) in [5.41, 5.74) is 5.38. The normalized spacial score (nSPS) is 22.4. The van der Waals surface area contributed by atoms with E-state index in [9.17, 15) is 14.5 Å². The van der Waals surface area contributed by atoms with Gasteiger partial charge >= 0.3 is 0 Å². The zero-order chi connectivity index (χ0) is 13.8. The Morgan fingerprint density at radius 3 is 2.79 bits per heavy atom. The maximum atomic E-state index is 13.2. The number of ether oxygens (including phenoxy) is 1. The van der Waals surface area contributed by atoms with E-state index in [1.54, 1.807) is 0 Å². The number of hydrogen-bond acceptors (Lipinski definition) is 4. The van der Waals surface area contributed by atoms with Crippen molar-refractivity contribution in [3.8, 4) is 5.75 Å². The van der Waals surface area contributed by atoms with E-state index in [4.69, 9.17) is 10.5 Å². The second-order valence-electron chi connectivity index (χ2n) is 4.90. The molecule has 2 rings (SSSR count). The minimum atomic E-state index is -0.661. The molecule has 1 fully saturated rings. The van der Waals surface area contributed by atoms with Crippen LogP contribution in [-0.4, -0.2) is 18.1 Å². The Morgan fingerprint density at radius 1 is 1.37 bits per heavy atom. The summed E-state index contributed by atoms with van der Waals surface area (Å²) >= 11 is 0. The number of benzene rings is 1. The zero-order valence-electron chi connectivity index (χ0n) is 10.5. The number of nitro benzene ring substituents is 1. The van der Waals surface area contributed by atoms with Crippen molar-refractivity contribution in [3.63, 3.8) is 0 Å². The van der Waals surface area contributed by atoms with Gasteiger partial charge in [-0.3, -0.25) is 10.1 Å². The smallest absolute Gasteiger partial charge is 0.276 e. The molecule has 0 amide bonds. The van der Waals surface area contributed by atoms with E-state index in [2.05, 4.69) is 0 Å².